The van der Waals surface area contributed by atoms with E-state index in [-0.39, 0.29) is 23.8 Å². The summed E-state index contributed by atoms with van der Waals surface area (Å²) in [6.07, 6.45) is 0. The molecular formula is C18H28FN3O. The Morgan fingerprint density at radius 3 is 2.17 bits per heavy atom. The van der Waals surface area contributed by atoms with Gasteiger partial charge in [0.2, 0.25) is 5.91 Å². The number of benzene rings is 1. The van der Waals surface area contributed by atoms with Crippen LogP contribution in [-0.2, 0) is 4.79 Å². The molecule has 0 atom stereocenters. The van der Waals surface area contributed by atoms with Crippen LogP contribution in [0.5, 0.6) is 0 Å². The number of hydrogen-bond acceptors (Lipinski definition) is 3. The lowest BCUT2D eigenvalue weighted by molar-refractivity contribution is -0.136. The van der Waals surface area contributed by atoms with E-state index in [0.29, 0.717) is 12.2 Å². The molecule has 0 N–H and O–H groups in total. The summed E-state index contributed by atoms with van der Waals surface area (Å²) in [4.78, 5) is 18.7. The molecule has 128 valence electrons. The van der Waals surface area contributed by atoms with Crippen molar-refractivity contribution in [3.63, 3.8) is 0 Å². The van der Waals surface area contributed by atoms with Crippen LogP contribution in [0.2, 0.25) is 0 Å². The van der Waals surface area contributed by atoms with Gasteiger partial charge in [0.05, 0.1) is 12.2 Å². The lowest BCUT2D eigenvalue weighted by atomic mass is 10.2. The number of amides is 1. The standard InChI is InChI=1S/C18H28FN3O/c1-14(2)22(15(3)4)18(23)13-20-9-11-21(12-10-20)17-8-6-5-7-16(17)19/h5-8,14-15H,9-13H2,1-4H3. The fraction of sp³-hybridized carbons (Fsp3) is 0.611. The molecule has 1 aromatic rings. The van der Waals surface area contributed by atoms with Crippen molar-refractivity contribution in [3.8, 4) is 0 Å². The minimum Gasteiger partial charge on any atom is -0.367 e. The molecule has 5 heteroatoms. The van der Waals surface area contributed by atoms with Gasteiger partial charge in [0.25, 0.3) is 0 Å². The van der Waals surface area contributed by atoms with Crippen LogP contribution in [0.3, 0.4) is 0 Å². The first kappa shape index (κ1) is 17.7. The van der Waals surface area contributed by atoms with Crippen LogP contribution in [-0.4, -0.2) is 60.5 Å². The van der Waals surface area contributed by atoms with Gasteiger partial charge in [0, 0.05) is 38.3 Å². The zero-order chi connectivity index (χ0) is 17.0. The van der Waals surface area contributed by atoms with Crippen molar-refractivity contribution >= 4 is 11.6 Å². The summed E-state index contributed by atoms with van der Waals surface area (Å²) in [5.41, 5.74) is 0.657. The van der Waals surface area contributed by atoms with Crippen LogP contribution in [0.4, 0.5) is 10.1 Å². The Bertz CT molecular complexity index is 517. The third kappa shape index (κ3) is 4.44. The Hall–Kier alpha value is -1.62. The van der Waals surface area contributed by atoms with Crippen LogP contribution in [0.25, 0.3) is 0 Å². The normalized spacial score (nSPS) is 16.2. The van der Waals surface area contributed by atoms with Gasteiger partial charge in [-0.15, -0.1) is 0 Å². The second-order valence-electron chi connectivity index (χ2n) is 6.70. The molecule has 0 spiro atoms. The average Bonchev–Trinajstić information content (AvgIpc) is 2.48. The number of halogens is 1. The molecule has 23 heavy (non-hydrogen) atoms. The summed E-state index contributed by atoms with van der Waals surface area (Å²) in [7, 11) is 0. The molecule has 0 bridgehead atoms. The third-order valence-corrected chi connectivity index (χ3v) is 4.32. The van der Waals surface area contributed by atoms with Gasteiger partial charge in [-0.1, -0.05) is 12.1 Å². The van der Waals surface area contributed by atoms with Gasteiger partial charge in [0.1, 0.15) is 5.82 Å². The van der Waals surface area contributed by atoms with E-state index >= 15 is 0 Å². The molecule has 1 heterocycles. The molecule has 4 nitrogen and oxygen atoms in total. The molecule has 1 saturated heterocycles. The maximum absolute atomic E-state index is 13.8. The van der Waals surface area contributed by atoms with Crippen LogP contribution < -0.4 is 4.90 Å². The number of piperazine rings is 1. The summed E-state index contributed by atoms with van der Waals surface area (Å²) < 4.78 is 13.8. The fourth-order valence-corrected chi connectivity index (χ4v) is 3.30. The summed E-state index contributed by atoms with van der Waals surface area (Å²) in [6, 6.07) is 7.30. The highest BCUT2D eigenvalue weighted by molar-refractivity contribution is 5.78. The predicted molar refractivity (Wildman–Crippen MR) is 92.2 cm³/mol. The Kier molecular flexibility index (Phi) is 5.99. The van der Waals surface area contributed by atoms with Gasteiger partial charge in [-0.05, 0) is 39.8 Å². The molecule has 2 rings (SSSR count). The SMILES string of the molecule is CC(C)N(C(=O)CN1CCN(c2ccccc2F)CC1)C(C)C. The van der Waals surface area contributed by atoms with E-state index in [9.17, 15) is 9.18 Å². The van der Waals surface area contributed by atoms with E-state index in [1.54, 1.807) is 6.07 Å². The van der Waals surface area contributed by atoms with Crippen molar-refractivity contribution in [2.24, 2.45) is 0 Å². The van der Waals surface area contributed by atoms with Gasteiger partial charge in [0.15, 0.2) is 0 Å². The van der Waals surface area contributed by atoms with Crippen LogP contribution in [0, 0.1) is 5.82 Å². The zero-order valence-corrected chi connectivity index (χ0v) is 14.6. The van der Waals surface area contributed by atoms with Crippen molar-refractivity contribution in [1.29, 1.82) is 0 Å². The molecule has 0 saturated carbocycles. The van der Waals surface area contributed by atoms with Gasteiger partial charge in [-0.25, -0.2) is 4.39 Å². The van der Waals surface area contributed by atoms with E-state index in [2.05, 4.69) is 9.80 Å². The molecule has 0 radical (unpaired) electrons. The van der Waals surface area contributed by atoms with Crippen molar-refractivity contribution in [2.45, 2.75) is 39.8 Å². The molecular weight excluding hydrogens is 293 g/mol. The smallest absolute Gasteiger partial charge is 0.237 e. The maximum Gasteiger partial charge on any atom is 0.237 e. The lowest BCUT2D eigenvalue weighted by Crippen LogP contribution is -2.52. The van der Waals surface area contributed by atoms with Crippen LogP contribution in [0.1, 0.15) is 27.7 Å². The quantitative estimate of drug-likeness (QED) is 0.834. The minimum absolute atomic E-state index is 0.175. The number of carbonyl (C=O) groups excluding carboxylic acids is 1. The van der Waals surface area contributed by atoms with Crippen molar-refractivity contribution in [3.05, 3.63) is 30.1 Å². The highest BCUT2D eigenvalue weighted by atomic mass is 19.1. The van der Waals surface area contributed by atoms with E-state index in [1.165, 1.54) is 6.07 Å². The molecule has 0 unspecified atom stereocenters. The van der Waals surface area contributed by atoms with E-state index in [4.69, 9.17) is 0 Å². The van der Waals surface area contributed by atoms with Crippen molar-refractivity contribution < 1.29 is 9.18 Å². The first-order chi connectivity index (χ1) is 10.9. The Labute approximate surface area is 138 Å². The number of carbonyl (C=O) groups is 1. The van der Waals surface area contributed by atoms with Gasteiger partial charge in [-0.2, -0.15) is 0 Å². The molecule has 1 aliphatic rings. The second-order valence-corrected chi connectivity index (χ2v) is 6.70. The zero-order valence-electron chi connectivity index (χ0n) is 14.6. The Morgan fingerprint density at radius 2 is 1.65 bits per heavy atom. The number of rotatable bonds is 5. The van der Waals surface area contributed by atoms with E-state index in [1.807, 2.05) is 44.7 Å². The number of nitrogens with zero attached hydrogens (tertiary/aromatic N) is 3. The molecule has 1 aliphatic heterocycles. The average molecular weight is 321 g/mol. The summed E-state index contributed by atoms with van der Waals surface area (Å²) >= 11 is 0. The first-order valence-electron chi connectivity index (χ1n) is 8.43. The summed E-state index contributed by atoms with van der Waals surface area (Å²) in [5.74, 6) is -0.00263. The van der Waals surface area contributed by atoms with Gasteiger partial charge in [-0.3, -0.25) is 9.69 Å². The fourth-order valence-electron chi connectivity index (χ4n) is 3.30. The molecule has 1 fully saturated rings. The molecule has 0 aliphatic carbocycles. The largest absolute Gasteiger partial charge is 0.367 e. The van der Waals surface area contributed by atoms with Crippen molar-refractivity contribution in [1.82, 2.24) is 9.80 Å². The first-order valence-corrected chi connectivity index (χ1v) is 8.43. The van der Waals surface area contributed by atoms with Crippen molar-refractivity contribution in [2.75, 3.05) is 37.6 Å². The van der Waals surface area contributed by atoms with E-state index in [0.717, 1.165) is 26.2 Å². The number of para-hydroxylation sites is 1. The highest BCUT2D eigenvalue weighted by Crippen LogP contribution is 2.20. The Balaban J connectivity index is 1.90. The van der Waals surface area contributed by atoms with Gasteiger partial charge >= 0.3 is 0 Å². The number of anilines is 1. The second kappa shape index (κ2) is 7.77. The molecule has 1 amide bonds. The van der Waals surface area contributed by atoms with E-state index < -0.39 is 0 Å². The predicted octanol–water partition coefficient (Wildman–Crippen LogP) is 2.59. The summed E-state index contributed by atoms with van der Waals surface area (Å²) in [5, 5.41) is 0. The summed E-state index contributed by atoms with van der Waals surface area (Å²) in [6.45, 7) is 11.7. The number of hydrogen-bond donors (Lipinski definition) is 0. The Morgan fingerprint density at radius 1 is 1.09 bits per heavy atom. The highest BCUT2D eigenvalue weighted by Gasteiger charge is 2.25. The molecule has 0 aromatic heterocycles. The topological polar surface area (TPSA) is 26.8 Å². The monoisotopic (exact) mass is 321 g/mol. The maximum atomic E-state index is 13.8. The third-order valence-electron chi connectivity index (χ3n) is 4.32. The lowest BCUT2D eigenvalue weighted by Gasteiger charge is -2.38. The minimum atomic E-state index is -0.178. The van der Waals surface area contributed by atoms with Gasteiger partial charge < -0.3 is 9.80 Å². The van der Waals surface area contributed by atoms with Crippen LogP contribution in [0.15, 0.2) is 24.3 Å². The molecule has 1 aromatic carbocycles. The van der Waals surface area contributed by atoms with Crippen LogP contribution >= 0.6 is 0 Å².